The predicted molar refractivity (Wildman–Crippen MR) is 124 cm³/mol. The van der Waals surface area contributed by atoms with Crippen LogP contribution < -0.4 is 10.6 Å². The zero-order valence-corrected chi connectivity index (χ0v) is 19.9. The molecule has 0 aliphatic carbocycles. The second-order valence-electron chi connectivity index (χ2n) is 6.69. The molecule has 8 heteroatoms. The van der Waals surface area contributed by atoms with Crippen molar-refractivity contribution in [3.05, 3.63) is 22.4 Å². The predicted octanol–water partition coefficient (Wildman–Crippen LogP) is 2.85. The number of aliphatic imine (C=N–C) groups is 1. The second-order valence-corrected chi connectivity index (χ2v) is 7.67. The van der Waals surface area contributed by atoms with Crippen LogP contribution in [0.15, 0.2) is 22.5 Å². The van der Waals surface area contributed by atoms with Crippen molar-refractivity contribution < 1.29 is 9.84 Å². The van der Waals surface area contributed by atoms with Crippen LogP contribution in [0, 0.1) is 0 Å². The number of rotatable bonds is 9. The molecule has 3 N–H and O–H groups in total. The SMILES string of the molecule is CCNC(=NCC(O)(CC)CC)NCC(c1cccs1)N1CCOCC1.I. The minimum Gasteiger partial charge on any atom is -0.388 e. The largest absolute Gasteiger partial charge is 0.388 e. The summed E-state index contributed by atoms with van der Waals surface area (Å²) in [5, 5.41) is 19.4. The highest BCUT2D eigenvalue weighted by Gasteiger charge is 2.24. The Morgan fingerprint density at radius 3 is 2.56 bits per heavy atom. The van der Waals surface area contributed by atoms with Crippen LogP contribution in [0.3, 0.4) is 0 Å². The van der Waals surface area contributed by atoms with Gasteiger partial charge >= 0.3 is 0 Å². The van der Waals surface area contributed by atoms with Crippen molar-refractivity contribution in [3.63, 3.8) is 0 Å². The van der Waals surface area contributed by atoms with E-state index in [2.05, 4.69) is 45.0 Å². The molecule has 6 nitrogen and oxygen atoms in total. The monoisotopic (exact) mass is 510 g/mol. The van der Waals surface area contributed by atoms with Gasteiger partial charge in [0.15, 0.2) is 5.96 Å². The first-order valence-corrected chi connectivity index (χ1v) is 10.6. The zero-order chi connectivity index (χ0) is 18.8. The fraction of sp³-hybridized carbons (Fsp3) is 0.737. The molecular weight excluding hydrogens is 475 g/mol. The standard InChI is InChI=1S/C19H34N4O2S.HI/c1-4-19(24,5-2)15-22-18(20-6-3)21-14-16(17-8-7-13-26-17)23-9-11-25-12-10-23;/h7-8,13,16,24H,4-6,9-12,14-15H2,1-3H3,(H2,20,21,22);1H. The second kappa shape index (κ2) is 12.9. The Bertz CT molecular complexity index is 532. The highest BCUT2D eigenvalue weighted by atomic mass is 127. The molecule has 0 bridgehead atoms. The van der Waals surface area contributed by atoms with Crippen molar-refractivity contribution in [3.8, 4) is 0 Å². The van der Waals surface area contributed by atoms with Gasteiger partial charge < -0.3 is 20.5 Å². The van der Waals surface area contributed by atoms with E-state index in [1.165, 1.54) is 4.88 Å². The van der Waals surface area contributed by atoms with E-state index in [0.29, 0.717) is 25.4 Å². The normalized spacial score (nSPS) is 17.3. The van der Waals surface area contributed by atoms with Crippen molar-refractivity contribution >= 4 is 41.3 Å². The third-order valence-electron chi connectivity index (χ3n) is 5.01. The third kappa shape index (κ3) is 7.84. The lowest BCUT2D eigenvalue weighted by atomic mass is 9.98. The van der Waals surface area contributed by atoms with Gasteiger partial charge in [-0.1, -0.05) is 19.9 Å². The molecule has 2 heterocycles. The molecular formula is C19H35IN4O2S. The fourth-order valence-corrected chi connectivity index (χ4v) is 3.88. The molecule has 27 heavy (non-hydrogen) atoms. The number of morpholine rings is 1. The van der Waals surface area contributed by atoms with Crippen LogP contribution in [0.2, 0.25) is 0 Å². The van der Waals surface area contributed by atoms with E-state index in [9.17, 15) is 5.11 Å². The molecule has 1 unspecified atom stereocenters. The molecule has 1 aromatic heterocycles. The summed E-state index contributed by atoms with van der Waals surface area (Å²) in [5.41, 5.74) is -0.723. The molecule has 156 valence electrons. The van der Waals surface area contributed by atoms with Gasteiger partial charge in [0.25, 0.3) is 0 Å². The van der Waals surface area contributed by atoms with E-state index in [4.69, 9.17) is 4.74 Å². The number of nitrogens with one attached hydrogen (secondary N) is 2. The molecule has 1 aliphatic heterocycles. The highest BCUT2D eigenvalue weighted by Crippen LogP contribution is 2.25. The number of aliphatic hydroxyl groups is 1. The molecule has 1 aromatic rings. The minimum absolute atomic E-state index is 0. The summed E-state index contributed by atoms with van der Waals surface area (Å²) in [6.07, 6.45) is 1.41. The molecule has 0 spiro atoms. The first-order valence-electron chi connectivity index (χ1n) is 9.71. The van der Waals surface area contributed by atoms with Crippen LogP contribution in [0.1, 0.15) is 44.5 Å². The van der Waals surface area contributed by atoms with E-state index < -0.39 is 5.60 Å². The van der Waals surface area contributed by atoms with Gasteiger partial charge in [0, 0.05) is 31.1 Å². The van der Waals surface area contributed by atoms with Gasteiger partial charge in [0.05, 0.1) is 31.4 Å². The van der Waals surface area contributed by atoms with Crippen LogP contribution in [0.4, 0.5) is 0 Å². The highest BCUT2D eigenvalue weighted by molar-refractivity contribution is 14.0. The number of hydrogen-bond acceptors (Lipinski definition) is 5. The van der Waals surface area contributed by atoms with Crippen LogP contribution >= 0.6 is 35.3 Å². The number of halogens is 1. The lowest BCUT2D eigenvalue weighted by Crippen LogP contribution is -2.46. The average Bonchev–Trinajstić information content (AvgIpc) is 3.21. The first-order chi connectivity index (χ1) is 12.6. The van der Waals surface area contributed by atoms with Crippen molar-refractivity contribution in [1.82, 2.24) is 15.5 Å². The van der Waals surface area contributed by atoms with Gasteiger partial charge in [-0.3, -0.25) is 9.89 Å². The zero-order valence-electron chi connectivity index (χ0n) is 16.7. The van der Waals surface area contributed by atoms with E-state index in [1.54, 1.807) is 11.3 Å². The van der Waals surface area contributed by atoms with E-state index in [-0.39, 0.29) is 24.0 Å². The van der Waals surface area contributed by atoms with Crippen LogP contribution in [0.25, 0.3) is 0 Å². The van der Waals surface area contributed by atoms with Crippen molar-refractivity contribution in [1.29, 1.82) is 0 Å². The molecule has 0 radical (unpaired) electrons. The summed E-state index contributed by atoms with van der Waals surface area (Å²) in [6, 6.07) is 4.61. The Balaban J connectivity index is 0.00000364. The number of thiophene rings is 1. The number of nitrogens with zero attached hydrogens (tertiary/aromatic N) is 2. The van der Waals surface area contributed by atoms with Gasteiger partial charge in [-0.15, -0.1) is 35.3 Å². The minimum atomic E-state index is -0.723. The molecule has 0 saturated carbocycles. The Hall–Kier alpha value is -0.420. The van der Waals surface area contributed by atoms with Crippen LogP contribution in [-0.2, 0) is 4.74 Å². The van der Waals surface area contributed by atoms with Gasteiger partial charge in [0.2, 0.25) is 0 Å². The van der Waals surface area contributed by atoms with Crippen molar-refractivity contribution in [2.24, 2.45) is 4.99 Å². The molecule has 1 saturated heterocycles. The molecule has 0 amide bonds. The molecule has 1 fully saturated rings. The van der Waals surface area contributed by atoms with Crippen molar-refractivity contribution in [2.45, 2.75) is 45.3 Å². The smallest absolute Gasteiger partial charge is 0.191 e. The Morgan fingerprint density at radius 1 is 1.30 bits per heavy atom. The van der Waals surface area contributed by atoms with Gasteiger partial charge in [-0.05, 0) is 31.2 Å². The van der Waals surface area contributed by atoms with Gasteiger partial charge in [0.1, 0.15) is 0 Å². The summed E-state index contributed by atoms with van der Waals surface area (Å²) >= 11 is 1.79. The number of hydrogen-bond donors (Lipinski definition) is 3. The van der Waals surface area contributed by atoms with Gasteiger partial charge in [-0.25, -0.2) is 0 Å². The topological polar surface area (TPSA) is 69.1 Å². The maximum absolute atomic E-state index is 10.5. The first kappa shape index (κ1) is 24.6. The third-order valence-corrected chi connectivity index (χ3v) is 5.99. The van der Waals surface area contributed by atoms with Gasteiger partial charge in [-0.2, -0.15) is 0 Å². The quantitative estimate of drug-likeness (QED) is 0.271. The van der Waals surface area contributed by atoms with Crippen molar-refractivity contribution in [2.75, 3.05) is 45.9 Å². The molecule has 1 atom stereocenters. The summed E-state index contributed by atoms with van der Waals surface area (Å²) in [7, 11) is 0. The Morgan fingerprint density at radius 2 is 2.00 bits per heavy atom. The lowest BCUT2D eigenvalue weighted by Gasteiger charge is -2.34. The van der Waals surface area contributed by atoms with E-state index >= 15 is 0 Å². The van der Waals surface area contributed by atoms with E-state index in [1.807, 2.05) is 13.8 Å². The number of guanidine groups is 1. The number of ether oxygens (including phenoxy) is 1. The lowest BCUT2D eigenvalue weighted by molar-refractivity contribution is 0.0176. The van der Waals surface area contributed by atoms with E-state index in [0.717, 1.165) is 45.4 Å². The van der Waals surface area contributed by atoms with Crippen LogP contribution in [-0.4, -0.2) is 67.5 Å². The summed E-state index contributed by atoms with van der Waals surface area (Å²) < 4.78 is 5.51. The molecule has 0 aromatic carbocycles. The maximum atomic E-state index is 10.5. The van der Waals surface area contributed by atoms with Crippen LogP contribution in [0.5, 0.6) is 0 Å². The molecule has 2 rings (SSSR count). The maximum Gasteiger partial charge on any atom is 0.191 e. The summed E-state index contributed by atoms with van der Waals surface area (Å²) in [5.74, 6) is 0.766. The summed E-state index contributed by atoms with van der Waals surface area (Å²) in [6.45, 7) is 11.5. The summed E-state index contributed by atoms with van der Waals surface area (Å²) in [4.78, 5) is 8.46. The average molecular weight is 510 g/mol. The Labute approximate surface area is 184 Å². The Kier molecular flexibility index (Phi) is 11.8. The fourth-order valence-electron chi connectivity index (χ4n) is 3.01. The molecule has 1 aliphatic rings.